The van der Waals surface area contributed by atoms with Gasteiger partial charge in [-0.15, -0.1) is 0 Å². The Morgan fingerprint density at radius 1 is 1.20 bits per heavy atom. The number of allylic oxidation sites excluding steroid dienone is 1. The van der Waals surface area contributed by atoms with Gasteiger partial charge in [0.05, 0.1) is 19.0 Å². The third-order valence-electron chi connectivity index (χ3n) is 3.48. The van der Waals surface area contributed by atoms with Crippen LogP contribution in [0.5, 0.6) is 5.75 Å². The average molecular weight is 339 g/mol. The second-order valence-electron chi connectivity index (χ2n) is 5.36. The van der Waals surface area contributed by atoms with E-state index in [4.69, 9.17) is 4.74 Å². The Morgan fingerprint density at radius 2 is 2.00 bits per heavy atom. The van der Waals surface area contributed by atoms with Gasteiger partial charge in [0.2, 0.25) is 11.8 Å². The molecule has 0 aliphatic rings. The summed E-state index contributed by atoms with van der Waals surface area (Å²) in [4.78, 5) is 27.7. The van der Waals surface area contributed by atoms with Gasteiger partial charge in [0.1, 0.15) is 5.75 Å². The number of carbonyl (C=O) groups is 2. The number of hydrogen-bond donors (Lipinski definition) is 2. The zero-order valence-electron chi connectivity index (χ0n) is 14.3. The van der Waals surface area contributed by atoms with Gasteiger partial charge in [-0.25, -0.2) is 0 Å². The molecule has 6 nitrogen and oxygen atoms in total. The Hall–Kier alpha value is -3.15. The highest BCUT2D eigenvalue weighted by Crippen LogP contribution is 2.24. The highest BCUT2D eigenvalue weighted by molar-refractivity contribution is 5.96. The maximum Gasteiger partial charge on any atom is 0.244 e. The van der Waals surface area contributed by atoms with Crippen LogP contribution in [-0.4, -0.2) is 30.5 Å². The lowest BCUT2D eigenvalue weighted by Gasteiger charge is -2.09. The van der Waals surface area contributed by atoms with Crippen LogP contribution in [0.1, 0.15) is 18.9 Å². The lowest BCUT2D eigenvalue weighted by atomic mass is 10.1. The lowest BCUT2D eigenvalue weighted by molar-refractivity contribution is -0.117. The van der Waals surface area contributed by atoms with Crippen molar-refractivity contribution >= 4 is 23.1 Å². The Bertz CT molecular complexity index is 758. The monoisotopic (exact) mass is 339 g/mol. The number of ether oxygens (including phenoxy) is 1. The molecule has 1 heterocycles. The summed E-state index contributed by atoms with van der Waals surface area (Å²) < 4.78 is 5.29. The second-order valence-corrected chi connectivity index (χ2v) is 5.36. The molecule has 1 aromatic heterocycles. The topological polar surface area (TPSA) is 80.3 Å². The fourth-order valence-corrected chi connectivity index (χ4v) is 2.26. The van der Waals surface area contributed by atoms with Crippen molar-refractivity contribution in [2.75, 3.05) is 19.0 Å². The molecule has 6 heteroatoms. The number of carbonyl (C=O) groups excluding carboxylic acids is 2. The first-order valence-electron chi connectivity index (χ1n) is 7.89. The minimum absolute atomic E-state index is 0.182. The van der Waals surface area contributed by atoms with E-state index in [1.165, 1.54) is 6.08 Å². The van der Waals surface area contributed by atoms with Crippen LogP contribution in [-0.2, 0) is 9.59 Å². The first-order valence-corrected chi connectivity index (χ1v) is 7.89. The summed E-state index contributed by atoms with van der Waals surface area (Å²) in [6, 6.07) is 11.0. The van der Waals surface area contributed by atoms with Gasteiger partial charge < -0.3 is 15.4 Å². The third kappa shape index (κ3) is 5.76. The maximum absolute atomic E-state index is 12.0. The van der Waals surface area contributed by atoms with Crippen molar-refractivity contribution in [1.29, 1.82) is 0 Å². The number of methoxy groups -OCH3 is 1. The summed E-state index contributed by atoms with van der Waals surface area (Å²) in [6.07, 6.45) is 4.88. The molecule has 0 unspecified atom stereocenters. The Balaban J connectivity index is 1.82. The number of para-hydroxylation sites is 1. The van der Waals surface area contributed by atoms with Crippen molar-refractivity contribution in [3.8, 4) is 5.75 Å². The fourth-order valence-electron chi connectivity index (χ4n) is 2.26. The molecule has 25 heavy (non-hydrogen) atoms. The van der Waals surface area contributed by atoms with E-state index in [0.29, 0.717) is 11.4 Å². The van der Waals surface area contributed by atoms with E-state index in [-0.39, 0.29) is 24.8 Å². The molecule has 0 spiro atoms. The van der Waals surface area contributed by atoms with E-state index < -0.39 is 0 Å². The molecule has 0 saturated heterocycles. The number of amides is 2. The smallest absolute Gasteiger partial charge is 0.244 e. The summed E-state index contributed by atoms with van der Waals surface area (Å²) >= 11 is 0. The van der Waals surface area contributed by atoms with Gasteiger partial charge in [-0.05, 0) is 30.7 Å². The van der Waals surface area contributed by atoms with Gasteiger partial charge in [0.25, 0.3) is 0 Å². The maximum atomic E-state index is 12.0. The number of pyridine rings is 1. The number of hydrogen-bond acceptors (Lipinski definition) is 4. The molecule has 130 valence electrons. The van der Waals surface area contributed by atoms with Crippen LogP contribution >= 0.6 is 0 Å². The molecule has 2 amide bonds. The van der Waals surface area contributed by atoms with Gasteiger partial charge in [-0.1, -0.05) is 18.2 Å². The molecule has 0 radical (unpaired) electrons. The molecular formula is C19H21N3O3. The molecule has 0 bridgehead atoms. The van der Waals surface area contributed by atoms with E-state index >= 15 is 0 Å². The van der Waals surface area contributed by atoms with Crippen LogP contribution in [0, 0.1) is 0 Å². The first-order chi connectivity index (χ1) is 12.1. The van der Waals surface area contributed by atoms with Gasteiger partial charge >= 0.3 is 0 Å². The highest BCUT2D eigenvalue weighted by atomic mass is 16.5. The largest absolute Gasteiger partial charge is 0.496 e. The van der Waals surface area contributed by atoms with E-state index in [1.54, 1.807) is 31.6 Å². The minimum Gasteiger partial charge on any atom is -0.496 e. The molecule has 2 rings (SSSR count). The number of nitrogens with one attached hydrogen (secondary N) is 2. The first kappa shape index (κ1) is 18.2. The summed E-state index contributed by atoms with van der Waals surface area (Å²) in [7, 11) is 1.59. The summed E-state index contributed by atoms with van der Waals surface area (Å²) in [5.74, 6) is 0.274. The van der Waals surface area contributed by atoms with Gasteiger partial charge in [0, 0.05) is 30.8 Å². The molecule has 1 aromatic carbocycles. The predicted molar refractivity (Wildman–Crippen MR) is 97.1 cm³/mol. The van der Waals surface area contributed by atoms with Crippen molar-refractivity contribution < 1.29 is 14.3 Å². The standard InChI is InChI=1S/C19H21N3O3/c1-14(16-7-3-4-8-17(16)25-2)12-19(24)21-11-9-18(23)22-15-6-5-10-20-13-15/h3-8,10,12-13H,9,11H2,1-2H3,(H,21,24)(H,22,23)/b14-12+. The molecule has 0 atom stereocenters. The normalized spacial score (nSPS) is 10.9. The van der Waals surface area contributed by atoms with E-state index in [0.717, 1.165) is 11.1 Å². The lowest BCUT2D eigenvalue weighted by Crippen LogP contribution is -2.26. The van der Waals surface area contributed by atoms with Crippen LogP contribution in [0.3, 0.4) is 0 Å². The van der Waals surface area contributed by atoms with Crippen LogP contribution in [0.4, 0.5) is 5.69 Å². The van der Waals surface area contributed by atoms with Crippen molar-refractivity contribution in [1.82, 2.24) is 10.3 Å². The van der Waals surface area contributed by atoms with Crippen molar-refractivity contribution in [2.24, 2.45) is 0 Å². The molecular weight excluding hydrogens is 318 g/mol. The zero-order chi connectivity index (χ0) is 18.1. The summed E-state index contributed by atoms with van der Waals surface area (Å²) in [6.45, 7) is 2.09. The average Bonchev–Trinajstić information content (AvgIpc) is 2.62. The Kier molecular flexibility index (Phi) is 6.71. The van der Waals surface area contributed by atoms with E-state index in [2.05, 4.69) is 15.6 Å². The van der Waals surface area contributed by atoms with E-state index in [1.807, 2.05) is 31.2 Å². The Labute approximate surface area is 146 Å². The van der Waals surface area contributed by atoms with Crippen molar-refractivity contribution in [2.45, 2.75) is 13.3 Å². The highest BCUT2D eigenvalue weighted by Gasteiger charge is 2.07. The van der Waals surface area contributed by atoms with Crippen LogP contribution < -0.4 is 15.4 Å². The number of benzene rings is 1. The quantitative estimate of drug-likeness (QED) is 0.760. The zero-order valence-corrected chi connectivity index (χ0v) is 14.3. The Morgan fingerprint density at radius 3 is 2.72 bits per heavy atom. The second kappa shape index (κ2) is 9.22. The van der Waals surface area contributed by atoms with Crippen molar-refractivity contribution in [3.05, 3.63) is 60.4 Å². The van der Waals surface area contributed by atoms with Crippen LogP contribution in [0.15, 0.2) is 54.9 Å². The molecule has 0 saturated carbocycles. The molecule has 0 aliphatic heterocycles. The summed E-state index contributed by atoms with van der Waals surface area (Å²) in [5, 5.41) is 5.42. The van der Waals surface area contributed by atoms with E-state index in [9.17, 15) is 9.59 Å². The third-order valence-corrected chi connectivity index (χ3v) is 3.48. The predicted octanol–water partition coefficient (Wildman–Crippen LogP) is 2.64. The van der Waals surface area contributed by atoms with Crippen LogP contribution in [0.25, 0.3) is 5.57 Å². The van der Waals surface area contributed by atoms with Crippen LogP contribution in [0.2, 0.25) is 0 Å². The molecule has 2 aromatic rings. The van der Waals surface area contributed by atoms with Crippen molar-refractivity contribution in [3.63, 3.8) is 0 Å². The van der Waals surface area contributed by atoms with Gasteiger partial charge in [-0.2, -0.15) is 0 Å². The number of aromatic nitrogens is 1. The van der Waals surface area contributed by atoms with Gasteiger partial charge in [-0.3, -0.25) is 14.6 Å². The number of nitrogens with zero attached hydrogens (tertiary/aromatic N) is 1. The number of anilines is 1. The molecule has 0 fully saturated rings. The molecule has 0 aliphatic carbocycles. The molecule has 2 N–H and O–H groups in total. The number of rotatable bonds is 7. The van der Waals surface area contributed by atoms with Gasteiger partial charge in [0.15, 0.2) is 0 Å². The summed E-state index contributed by atoms with van der Waals surface area (Å²) in [5.41, 5.74) is 2.27. The minimum atomic E-state index is -0.252. The fraction of sp³-hybridized carbons (Fsp3) is 0.211. The SMILES string of the molecule is COc1ccccc1/C(C)=C/C(=O)NCCC(=O)Nc1cccnc1.